The lowest BCUT2D eigenvalue weighted by molar-refractivity contribution is -0.128. The van der Waals surface area contributed by atoms with Crippen molar-refractivity contribution in [3.63, 3.8) is 0 Å². The Balaban J connectivity index is 2.67. The number of amides is 1. The normalized spacial score (nSPS) is 20.7. The Bertz CT molecular complexity index is 314. The van der Waals surface area contributed by atoms with Crippen LogP contribution < -0.4 is 11.1 Å². The Hall–Kier alpha value is -0.910. The fraction of sp³-hybridized carbons (Fsp3) is 0.833. The third-order valence-electron chi connectivity index (χ3n) is 3.62. The molecule has 18 heavy (non-hydrogen) atoms. The van der Waals surface area contributed by atoms with Gasteiger partial charge in [0.25, 0.3) is 0 Å². The molecule has 1 rings (SSSR count). The maximum Gasteiger partial charge on any atom is 0.234 e. The first kappa shape index (κ1) is 15.1. The summed E-state index contributed by atoms with van der Waals surface area (Å²) < 4.78 is 0. The fourth-order valence-corrected chi connectivity index (χ4v) is 2.99. The zero-order valence-electron chi connectivity index (χ0n) is 11.1. The van der Waals surface area contributed by atoms with Crippen LogP contribution in [0.3, 0.4) is 0 Å². The van der Waals surface area contributed by atoms with Gasteiger partial charge < -0.3 is 16.3 Å². The van der Waals surface area contributed by atoms with E-state index in [0.29, 0.717) is 12.8 Å². The van der Waals surface area contributed by atoms with E-state index in [1.54, 1.807) is 11.8 Å². The quantitative estimate of drug-likeness (QED) is 0.296. The van der Waals surface area contributed by atoms with E-state index >= 15 is 0 Å². The number of hydrogen-bond donors (Lipinski definition) is 3. The van der Waals surface area contributed by atoms with Crippen LogP contribution in [0.25, 0.3) is 0 Å². The Labute approximate surface area is 113 Å². The first-order valence-corrected chi connectivity index (χ1v) is 7.74. The highest BCUT2D eigenvalue weighted by Gasteiger charge is 2.45. The lowest BCUT2D eigenvalue weighted by Gasteiger charge is -2.28. The molecule has 0 heterocycles. The summed E-state index contributed by atoms with van der Waals surface area (Å²) in [6.45, 7) is 1.99. The largest absolute Gasteiger partial charge is 0.409 e. The van der Waals surface area contributed by atoms with Gasteiger partial charge in [0.15, 0.2) is 5.84 Å². The lowest BCUT2D eigenvalue weighted by Crippen LogP contribution is -2.50. The van der Waals surface area contributed by atoms with Crippen molar-refractivity contribution in [2.24, 2.45) is 16.3 Å². The molecule has 104 valence electrons. The molecular weight excluding hydrogens is 250 g/mol. The Morgan fingerprint density at radius 3 is 2.67 bits per heavy atom. The van der Waals surface area contributed by atoms with Crippen LogP contribution in [0.5, 0.6) is 0 Å². The summed E-state index contributed by atoms with van der Waals surface area (Å²) in [6.07, 6.45) is 6.21. The van der Waals surface area contributed by atoms with Gasteiger partial charge in [0, 0.05) is 6.04 Å². The minimum absolute atomic E-state index is 0.0505. The Morgan fingerprint density at radius 1 is 1.56 bits per heavy atom. The van der Waals surface area contributed by atoms with Crippen LogP contribution in [0.15, 0.2) is 5.16 Å². The molecule has 4 N–H and O–H groups in total. The molecule has 5 nitrogen and oxygen atoms in total. The first-order valence-electron chi connectivity index (χ1n) is 6.34. The smallest absolute Gasteiger partial charge is 0.234 e. The molecule has 0 radical (unpaired) electrons. The van der Waals surface area contributed by atoms with Gasteiger partial charge in [-0.1, -0.05) is 18.0 Å². The van der Waals surface area contributed by atoms with Crippen molar-refractivity contribution >= 4 is 23.5 Å². The van der Waals surface area contributed by atoms with Gasteiger partial charge in [-0.25, -0.2) is 0 Å². The van der Waals surface area contributed by atoms with Crippen LogP contribution in [-0.4, -0.2) is 35.0 Å². The van der Waals surface area contributed by atoms with E-state index < -0.39 is 5.41 Å². The second kappa shape index (κ2) is 6.87. The summed E-state index contributed by atoms with van der Waals surface area (Å²) in [5.74, 6) is 0.969. The highest BCUT2D eigenvalue weighted by atomic mass is 32.2. The van der Waals surface area contributed by atoms with Crippen molar-refractivity contribution in [2.45, 2.75) is 45.1 Å². The molecule has 1 amide bonds. The number of nitrogens with zero attached hydrogens (tertiary/aromatic N) is 1. The van der Waals surface area contributed by atoms with E-state index in [1.807, 2.05) is 13.2 Å². The average Bonchev–Trinajstić information content (AvgIpc) is 2.85. The van der Waals surface area contributed by atoms with E-state index in [9.17, 15) is 4.79 Å². The summed E-state index contributed by atoms with van der Waals surface area (Å²) >= 11 is 1.76. The first-order chi connectivity index (χ1) is 8.56. The lowest BCUT2D eigenvalue weighted by atomic mass is 9.83. The van der Waals surface area contributed by atoms with Gasteiger partial charge in [-0.2, -0.15) is 11.8 Å². The van der Waals surface area contributed by atoms with Gasteiger partial charge in [-0.05, 0) is 38.2 Å². The van der Waals surface area contributed by atoms with Crippen LogP contribution in [-0.2, 0) is 4.79 Å². The minimum atomic E-state index is -0.789. The third kappa shape index (κ3) is 3.31. The number of nitrogens with one attached hydrogen (secondary N) is 1. The zero-order chi connectivity index (χ0) is 13.6. The maximum absolute atomic E-state index is 12.4. The molecule has 0 aliphatic heterocycles. The molecule has 1 aliphatic carbocycles. The number of nitrogens with two attached hydrogens (primary N) is 1. The van der Waals surface area contributed by atoms with Gasteiger partial charge in [-0.3, -0.25) is 4.79 Å². The van der Waals surface area contributed by atoms with Crippen molar-refractivity contribution < 1.29 is 10.0 Å². The second-order valence-corrected chi connectivity index (χ2v) is 5.92. The number of amidine groups is 1. The molecule has 0 aromatic rings. The Kier molecular flexibility index (Phi) is 5.78. The highest BCUT2D eigenvalue weighted by Crippen LogP contribution is 2.38. The maximum atomic E-state index is 12.4. The van der Waals surface area contributed by atoms with E-state index in [2.05, 4.69) is 10.5 Å². The van der Waals surface area contributed by atoms with Gasteiger partial charge in [0.1, 0.15) is 5.41 Å². The summed E-state index contributed by atoms with van der Waals surface area (Å²) in [5.41, 5.74) is 4.94. The summed E-state index contributed by atoms with van der Waals surface area (Å²) in [4.78, 5) is 12.4. The summed E-state index contributed by atoms with van der Waals surface area (Å²) in [7, 11) is 0. The third-order valence-corrected chi connectivity index (χ3v) is 4.27. The van der Waals surface area contributed by atoms with Gasteiger partial charge in [0.05, 0.1) is 0 Å². The van der Waals surface area contributed by atoms with Gasteiger partial charge >= 0.3 is 0 Å². The monoisotopic (exact) mass is 273 g/mol. The van der Waals surface area contributed by atoms with Gasteiger partial charge in [0.2, 0.25) is 5.91 Å². The average molecular weight is 273 g/mol. The number of oxime groups is 1. The number of rotatable bonds is 6. The summed E-state index contributed by atoms with van der Waals surface area (Å²) in [6, 6.07) is 0.119. The molecule has 1 unspecified atom stereocenters. The number of hydrogen-bond acceptors (Lipinski definition) is 4. The fourth-order valence-electron chi connectivity index (χ4n) is 2.40. The van der Waals surface area contributed by atoms with Crippen LogP contribution >= 0.6 is 11.8 Å². The topological polar surface area (TPSA) is 87.7 Å². The number of carbonyl (C=O) groups is 1. The zero-order valence-corrected chi connectivity index (χ0v) is 11.9. The number of thioether (sulfide) groups is 1. The molecule has 1 fully saturated rings. The highest BCUT2D eigenvalue weighted by molar-refractivity contribution is 7.98. The van der Waals surface area contributed by atoms with E-state index in [4.69, 9.17) is 10.9 Å². The van der Waals surface area contributed by atoms with Crippen molar-refractivity contribution in [3.8, 4) is 0 Å². The van der Waals surface area contributed by atoms with E-state index in [1.165, 1.54) is 0 Å². The van der Waals surface area contributed by atoms with Crippen LogP contribution in [0.4, 0.5) is 0 Å². The molecule has 0 aromatic heterocycles. The van der Waals surface area contributed by atoms with Crippen molar-refractivity contribution in [1.29, 1.82) is 0 Å². The Morgan fingerprint density at radius 2 is 2.17 bits per heavy atom. The molecule has 1 atom stereocenters. The minimum Gasteiger partial charge on any atom is -0.409 e. The van der Waals surface area contributed by atoms with E-state index in [0.717, 1.165) is 25.0 Å². The predicted octanol–water partition coefficient (Wildman–Crippen LogP) is 1.55. The molecule has 0 aromatic carbocycles. The van der Waals surface area contributed by atoms with Crippen LogP contribution in [0, 0.1) is 5.41 Å². The standard InChI is InChI=1S/C12H23N3O2S/c1-9(5-8-18-2)14-11(16)12(10(13)15-17)6-3-4-7-12/h9,17H,3-8H2,1-2H3,(H2,13,15)(H,14,16). The second-order valence-electron chi connectivity index (χ2n) is 4.93. The molecular formula is C12H23N3O2S. The molecule has 1 aliphatic rings. The molecule has 1 saturated carbocycles. The van der Waals surface area contributed by atoms with Gasteiger partial charge in [-0.15, -0.1) is 0 Å². The van der Waals surface area contributed by atoms with Crippen molar-refractivity contribution in [3.05, 3.63) is 0 Å². The van der Waals surface area contributed by atoms with Crippen LogP contribution in [0.1, 0.15) is 39.0 Å². The molecule has 0 saturated heterocycles. The SMILES string of the molecule is CSCCC(C)NC(=O)C1(C(N)=NO)CCCC1. The van der Waals surface area contributed by atoms with Crippen LogP contribution in [0.2, 0.25) is 0 Å². The van der Waals surface area contributed by atoms with Crippen molar-refractivity contribution in [2.75, 3.05) is 12.0 Å². The molecule has 0 bridgehead atoms. The predicted molar refractivity (Wildman–Crippen MR) is 74.9 cm³/mol. The molecule has 0 spiro atoms. The molecule has 6 heteroatoms. The van der Waals surface area contributed by atoms with Crippen molar-refractivity contribution in [1.82, 2.24) is 5.32 Å². The summed E-state index contributed by atoms with van der Waals surface area (Å²) in [5, 5.41) is 14.9. The van der Waals surface area contributed by atoms with E-state index in [-0.39, 0.29) is 17.8 Å². The number of carbonyl (C=O) groups excluding carboxylic acids is 1.